The highest BCUT2D eigenvalue weighted by Gasteiger charge is 2.26. The van der Waals surface area contributed by atoms with E-state index >= 15 is 0 Å². The monoisotopic (exact) mass is 1160 g/mol. The van der Waals surface area contributed by atoms with Gasteiger partial charge in [0.2, 0.25) is 0 Å². The van der Waals surface area contributed by atoms with Crippen molar-refractivity contribution in [3.05, 3.63) is 24.3 Å². The van der Waals surface area contributed by atoms with Crippen molar-refractivity contribution in [1.82, 2.24) is 0 Å². The number of rotatable bonds is 69. The Balaban J connectivity index is 3.80. The minimum atomic E-state index is -4.39. The van der Waals surface area contributed by atoms with Crippen molar-refractivity contribution in [3.63, 3.8) is 0 Å². The van der Waals surface area contributed by atoms with E-state index in [1.807, 2.05) is 0 Å². The van der Waals surface area contributed by atoms with Crippen LogP contribution in [0.25, 0.3) is 0 Å². The van der Waals surface area contributed by atoms with Crippen LogP contribution in [0.3, 0.4) is 0 Å². The summed E-state index contributed by atoms with van der Waals surface area (Å²) in [7, 11) is -4.39. The minimum Gasteiger partial charge on any atom is -0.462 e. The first-order valence-electron chi connectivity index (χ1n) is 35.8. The van der Waals surface area contributed by atoms with Crippen molar-refractivity contribution < 1.29 is 37.6 Å². The van der Waals surface area contributed by atoms with Gasteiger partial charge < -0.3 is 20.1 Å². The van der Waals surface area contributed by atoms with Gasteiger partial charge in [-0.15, -0.1) is 0 Å². The van der Waals surface area contributed by atoms with E-state index in [0.717, 1.165) is 38.5 Å². The van der Waals surface area contributed by atoms with Crippen LogP contribution >= 0.6 is 7.82 Å². The number of hydrogen-bond donors (Lipinski definition) is 2. The van der Waals surface area contributed by atoms with Gasteiger partial charge in [0.15, 0.2) is 6.10 Å². The largest absolute Gasteiger partial charge is 0.472 e. The molecule has 0 amide bonds. The van der Waals surface area contributed by atoms with Crippen molar-refractivity contribution in [2.24, 2.45) is 5.73 Å². The third kappa shape index (κ3) is 67.5. The van der Waals surface area contributed by atoms with Crippen molar-refractivity contribution in [1.29, 1.82) is 0 Å². The van der Waals surface area contributed by atoms with E-state index in [-0.39, 0.29) is 38.6 Å². The maximum Gasteiger partial charge on any atom is 0.472 e. The smallest absolute Gasteiger partial charge is 0.462 e. The molecule has 0 aliphatic heterocycles. The second kappa shape index (κ2) is 67.6. The Bertz CT molecular complexity index is 1380. The number of hydrogen-bond acceptors (Lipinski definition) is 8. The summed E-state index contributed by atoms with van der Waals surface area (Å²) in [6.45, 7) is 3.82. The van der Waals surface area contributed by atoms with Crippen molar-refractivity contribution in [3.8, 4) is 0 Å². The van der Waals surface area contributed by atoms with Gasteiger partial charge in [-0.05, 0) is 44.9 Å². The molecule has 10 heteroatoms. The SMILES string of the molecule is CCCCCCC/C=C\C/C=C\CCCCCCCCCCCCCCCCCCCC(=O)OC(COC(=O)CCCCCCCCCCCCCCCCCCCCCCCCCCCCCCCCC)COP(=O)(O)OCCN. The normalized spacial score (nSPS) is 13.0. The Morgan fingerprint density at radius 3 is 0.938 bits per heavy atom. The highest BCUT2D eigenvalue weighted by atomic mass is 31.2. The fourth-order valence-corrected chi connectivity index (χ4v) is 11.8. The molecule has 2 atom stereocenters. The number of nitrogens with two attached hydrogens (primary N) is 1. The summed E-state index contributed by atoms with van der Waals surface area (Å²) in [5.74, 6) is -0.802. The fourth-order valence-electron chi connectivity index (χ4n) is 11.0. The summed E-state index contributed by atoms with van der Waals surface area (Å²) in [6, 6.07) is 0. The van der Waals surface area contributed by atoms with Crippen LogP contribution in [0.15, 0.2) is 24.3 Å². The Hall–Kier alpha value is -1.51. The molecule has 2 unspecified atom stereocenters. The highest BCUT2D eigenvalue weighted by Crippen LogP contribution is 2.43. The topological polar surface area (TPSA) is 134 Å². The molecule has 0 aromatic heterocycles. The van der Waals surface area contributed by atoms with Crippen LogP contribution in [0.4, 0.5) is 0 Å². The molecule has 0 heterocycles. The van der Waals surface area contributed by atoms with Gasteiger partial charge in [0.05, 0.1) is 13.2 Å². The van der Waals surface area contributed by atoms with Crippen molar-refractivity contribution in [2.45, 2.75) is 392 Å². The van der Waals surface area contributed by atoms with Crippen molar-refractivity contribution in [2.75, 3.05) is 26.4 Å². The zero-order valence-corrected chi connectivity index (χ0v) is 55.0. The van der Waals surface area contributed by atoms with E-state index in [4.69, 9.17) is 24.3 Å². The number of allylic oxidation sites excluding steroid dienone is 4. The highest BCUT2D eigenvalue weighted by molar-refractivity contribution is 7.47. The Morgan fingerprint density at radius 2 is 0.642 bits per heavy atom. The molecule has 0 bridgehead atoms. The van der Waals surface area contributed by atoms with E-state index in [2.05, 4.69) is 38.2 Å². The number of carbonyl (C=O) groups is 2. The maximum atomic E-state index is 12.8. The van der Waals surface area contributed by atoms with E-state index in [1.54, 1.807) is 0 Å². The summed E-state index contributed by atoms with van der Waals surface area (Å²) >= 11 is 0. The van der Waals surface area contributed by atoms with Crippen LogP contribution in [0.5, 0.6) is 0 Å². The molecular formula is C71H138NO8P. The standard InChI is InChI=1S/C71H138NO8P/c1-3-5-7-9-11-13-15-17-19-21-23-25-27-29-31-33-34-36-37-39-41-43-45-47-49-51-53-55-57-59-61-63-70(73)77-67-69(68-79-81(75,76)78-66-65-72)80-71(74)64-62-60-58-56-54-52-50-48-46-44-42-40-38-35-32-30-28-26-24-22-20-18-16-14-12-10-8-6-4-2/h16,18,22,24,69H,3-15,17,19-21,23,25-68,72H2,1-2H3,(H,75,76)/b18-16-,24-22-. The summed E-state index contributed by atoms with van der Waals surface area (Å²) in [5.41, 5.74) is 5.40. The molecule has 480 valence electrons. The number of ether oxygens (including phenoxy) is 2. The van der Waals surface area contributed by atoms with Crippen LogP contribution in [0.1, 0.15) is 386 Å². The zero-order valence-electron chi connectivity index (χ0n) is 54.1. The van der Waals surface area contributed by atoms with E-state index in [0.29, 0.717) is 6.42 Å². The molecule has 0 spiro atoms. The van der Waals surface area contributed by atoms with Gasteiger partial charge in [-0.3, -0.25) is 18.6 Å². The lowest BCUT2D eigenvalue weighted by Gasteiger charge is -2.19. The first kappa shape index (κ1) is 79.5. The van der Waals surface area contributed by atoms with Gasteiger partial charge in [-0.1, -0.05) is 353 Å². The molecule has 0 saturated heterocycles. The van der Waals surface area contributed by atoms with E-state index in [9.17, 15) is 19.0 Å². The van der Waals surface area contributed by atoms with Gasteiger partial charge in [-0.25, -0.2) is 4.57 Å². The maximum absolute atomic E-state index is 12.8. The predicted molar refractivity (Wildman–Crippen MR) is 349 cm³/mol. The van der Waals surface area contributed by atoms with Gasteiger partial charge >= 0.3 is 19.8 Å². The van der Waals surface area contributed by atoms with Crippen LogP contribution in [-0.2, 0) is 32.7 Å². The van der Waals surface area contributed by atoms with E-state index < -0.39 is 26.5 Å². The van der Waals surface area contributed by atoms with Crippen molar-refractivity contribution >= 4 is 19.8 Å². The average Bonchev–Trinajstić information content (AvgIpc) is 3.46. The minimum absolute atomic E-state index is 0.0568. The predicted octanol–water partition coefficient (Wildman–Crippen LogP) is 23.3. The second-order valence-corrected chi connectivity index (χ2v) is 25.9. The van der Waals surface area contributed by atoms with Gasteiger partial charge in [0.25, 0.3) is 0 Å². The summed E-state index contributed by atoms with van der Waals surface area (Å²) in [6.07, 6.45) is 82.9. The van der Waals surface area contributed by atoms with Crippen LogP contribution in [-0.4, -0.2) is 49.3 Å². The van der Waals surface area contributed by atoms with Gasteiger partial charge in [-0.2, -0.15) is 0 Å². The molecular weight excluding hydrogens is 1030 g/mol. The molecule has 0 aromatic carbocycles. The zero-order chi connectivity index (χ0) is 58.7. The third-order valence-corrected chi connectivity index (χ3v) is 17.3. The molecule has 0 radical (unpaired) electrons. The molecule has 0 aliphatic rings. The number of phosphoric acid groups is 1. The Morgan fingerprint density at radius 1 is 0.370 bits per heavy atom. The first-order valence-corrected chi connectivity index (χ1v) is 37.3. The van der Waals surface area contributed by atoms with Gasteiger partial charge in [0, 0.05) is 19.4 Å². The summed E-state index contributed by atoms with van der Waals surface area (Å²) < 4.78 is 33.2. The molecule has 81 heavy (non-hydrogen) atoms. The molecule has 3 N–H and O–H groups in total. The molecule has 0 rings (SSSR count). The Labute approximate surface area is 503 Å². The van der Waals surface area contributed by atoms with E-state index in [1.165, 1.54) is 315 Å². The molecule has 0 aromatic rings. The lowest BCUT2D eigenvalue weighted by molar-refractivity contribution is -0.161. The number of phosphoric ester groups is 1. The fraction of sp³-hybridized carbons (Fsp3) is 0.915. The summed E-state index contributed by atoms with van der Waals surface area (Å²) in [4.78, 5) is 35.4. The number of esters is 2. The number of unbranched alkanes of at least 4 members (excludes halogenated alkanes) is 52. The molecule has 9 nitrogen and oxygen atoms in total. The lowest BCUT2D eigenvalue weighted by atomic mass is 10.0. The van der Waals surface area contributed by atoms with Crippen LogP contribution in [0.2, 0.25) is 0 Å². The molecule has 0 aliphatic carbocycles. The Kier molecular flexibility index (Phi) is 66.4. The number of carbonyl (C=O) groups excluding carboxylic acids is 2. The molecule has 0 fully saturated rings. The van der Waals surface area contributed by atoms with Crippen LogP contribution < -0.4 is 5.73 Å². The molecule has 0 saturated carbocycles. The second-order valence-electron chi connectivity index (χ2n) is 24.5. The summed E-state index contributed by atoms with van der Waals surface area (Å²) in [5, 5.41) is 0. The van der Waals surface area contributed by atoms with Gasteiger partial charge in [0.1, 0.15) is 6.61 Å². The first-order chi connectivity index (χ1) is 39.8. The average molecular weight is 1160 g/mol. The quantitative estimate of drug-likeness (QED) is 0.0264. The third-order valence-electron chi connectivity index (χ3n) is 16.3. The lowest BCUT2D eigenvalue weighted by Crippen LogP contribution is -2.29. The van der Waals surface area contributed by atoms with Crippen LogP contribution in [0, 0.1) is 0 Å².